The second kappa shape index (κ2) is 7.42. The Kier molecular flexibility index (Phi) is 6.10. The van der Waals surface area contributed by atoms with E-state index in [4.69, 9.17) is 14.8 Å². The molecule has 0 aliphatic rings. The minimum absolute atomic E-state index is 0.450. The van der Waals surface area contributed by atoms with Crippen molar-refractivity contribution in [3.63, 3.8) is 0 Å². The molecule has 2 aromatic carbocycles. The summed E-state index contributed by atoms with van der Waals surface area (Å²) < 4.78 is 65.9. The number of nitrogens with two attached hydrogens (primary N) is 1. The standard InChI is InChI=1S/C7H9NO7S2.C6H6/c1-15-5-3-6(16(9,10)11)4(8)2-7(5)17(12,13)14;1-2-4-6-5-3-1/h2-3H,8H2,1H3,(H,9,10,11)(H,12,13,14);1-6H. The SMILES string of the molecule is COc1cc(S(=O)(=O)O)c(N)cc1S(=O)(=O)O.c1ccccc1. The lowest BCUT2D eigenvalue weighted by atomic mass is 10.3. The predicted molar refractivity (Wildman–Crippen MR) is 83.5 cm³/mol. The van der Waals surface area contributed by atoms with Crippen LogP contribution in [-0.4, -0.2) is 33.1 Å². The molecule has 0 heterocycles. The number of methoxy groups -OCH3 is 1. The molecule has 23 heavy (non-hydrogen) atoms. The summed E-state index contributed by atoms with van der Waals surface area (Å²) >= 11 is 0. The van der Waals surface area contributed by atoms with Crippen LogP contribution in [-0.2, 0) is 20.2 Å². The highest BCUT2D eigenvalue weighted by Gasteiger charge is 2.23. The second-order valence-corrected chi connectivity index (χ2v) is 6.93. The molecule has 0 aromatic heterocycles. The number of hydrogen-bond donors (Lipinski definition) is 3. The molecule has 0 amide bonds. The Morgan fingerprint density at radius 3 is 1.52 bits per heavy atom. The highest BCUT2D eigenvalue weighted by Crippen LogP contribution is 2.31. The van der Waals surface area contributed by atoms with Gasteiger partial charge < -0.3 is 10.5 Å². The molecular formula is C13H15NO7S2. The summed E-state index contributed by atoms with van der Waals surface area (Å²) in [6, 6.07) is 13.4. The summed E-state index contributed by atoms with van der Waals surface area (Å²) in [4.78, 5) is -1.40. The molecule has 0 atom stereocenters. The number of nitrogen functional groups attached to an aromatic ring is 1. The van der Waals surface area contributed by atoms with Gasteiger partial charge in [-0.05, 0) is 6.07 Å². The van der Waals surface area contributed by atoms with Gasteiger partial charge in [0, 0.05) is 6.07 Å². The average molecular weight is 361 g/mol. The maximum Gasteiger partial charge on any atom is 0.298 e. The van der Waals surface area contributed by atoms with Crippen molar-refractivity contribution >= 4 is 25.9 Å². The molecule has 0 fully saturated rings. The van der Waals surface area contributed by atoms with E-state index < -0.39 is 41.5 Å². The fourth-order valence-corrected chi connectivity index (χ4v) is 2.81. The number of ether oxygens (including phenoxy) is 1. The van der Waals surface area contributed by atoms with Crippen molar-refractivity contribution in [1.82, 2.24) is 0 Å². The molecule has 126 valence electrons. The monoisotopic (exact) mass is 361 g/mol. The third-order valence-electron chi connectivity index (χ3n) is 2.52. The van der Waals surface area contributed by atoms with E-state index in [2.05, 4.69) is 4.74 Å². The summed E-state index contributed by atoms with van der Waals surface area (Å²) in [5.41, 5.74) is 4.73. The molecule has 0 radical (unpaired) electrons. The summed E-state index contributed by atoms with van der Waals surface area (Å²) in [7, 11) is -8.16. The average Bonchev–Trinajstić information content (AvgIpc) is 2.47. The van der Waals surface area contributed by atoms with Gasteiger partial charge in [-0.2, -0.15) is 16.8 Å². The van der Waals surface area contributed by atoms with Crippen LogP contribution in [0, 0.1) is 0 Å². The lowest BCUT2D eigenvalue weighted by molar-refractivity contribution is 0.395. The van der Waals surface area contributed by atoms with E-state index >= 15 is 0 Å². The van der Waals surface area contributed by atoms with Gasteiger partial charge in [0.15, 0.2) is 0 Å². The zero-order valence-corrected chi connectivity index (χ0v) is 13.6. The molecule has 0 unspecified atom stereocenters. The van der Waals surface area contributed by atoms with E-state index in [9.17, 15) is 16.8 Å². The first-order chi connectivity index (χ1) is 10.6. The molecule has 0 saturated heterocycles. The van der Waals surface area contributed by atoms with Crippen molar-refractivity contribution in [2.45, 2.75) is 9.79 Å². The van der Waals surface area contributed by atoms with Gasteiger partial charge >= 0.3 is 0 Å². The molecule has 10 heteroatoms. The molecule has 0 bridgehead atoms. The van der Waals surface area contributed by atoms with Gasteiger partial charge in [-0.3, -0.25) is 9.11 Å². The first-order valence-electron chi connectivity index (χ1n) is 6.00. The Bertz CT molecular complexity index is 836. The van der Waals surface area contributed by atoms with Crippen molar-refractivity contribution in [2.75, 3.05) is 12.8 Å². The van der Waals surface area contributed by atoms with E-state index in [0.717, 1.165) is 7.11 Å². The Balaban J connectivity index is 0.000000366. The molecule has 4 N–H and O–H groups in total. The minimum Gasteiger partial charge on any atom is -0.495 e. The Morgan fingerprint density at radius 2 is 1.22 bits per heavy atom. The third-order valence-corrected chi connectivity index (χ3v) is 4.30. The minimum atomic E-state index is -4.61. The van der Waals surface area contributed by atoms with Gasteiger partial charge in [-0.25, -0.2) is 0 Å². The van der Waals surface area contributed by atoms with Crippen LogP contribution in [0.25, 0.3) is 0 Å². The van der Waals surface area contributed by atoms with Crippen molar-refractivity contribution in [3.8, 4) is 5.75 Å². The molecule has 8 nitrogen and oxygen atoms in total. The summed E-state index contributed by atoms with van der Waals surface area (Å²) in [6.07, 6.45) is 0. The van der Waals surface area contributed by atoms with Gasteiger partial charge in [-0.15, -0.1) is 0 Å². The van der Waals surface area contributed by atoms with Crippen LogP contribution in [0.4, 0.5) is 5.69 Å². The Labute approximate surface area is 134 Å². The van der Waals surface area contributed by atoms with Gasteiger partial charge in [0.2, 0.25) is 0 Å². The number of rotatable bonds is 3. The van der Waals surface area contributed by atoms with Crippen LogP contribution in [0.5, 0.6) is 5.75 Å². The molecule has 0 aliphatic carbocycles. The Hall–Kier alpha value is -2.14. The maximum absolute atomic E-state index is 10.9. The lowest BCUT2D eigenvalue weighted by Crippen LogP contribution is -2.08. The Morgan fingerprint density at radius 1 is 0.826 bits per heavy atom. The fourth-order valence-electron chi connectivity index (χ4n) is 1.53. The smallest absolute Gasteiger partial charge is 0.298 e. The largest absolute Gasteiger partial charge is 0.495 e. The first kappa shape index (κ1) is 18.9. The summed E-state index contributed by atoms with van der Waals surface area (Å²) in [5.74, 6) is -0.450. The quantitative estimate of drug-likeness (QED) is 0.550. The molecular weight excluding hydrogens is 346 g/mol. The predicted octanol–water partition coefficient (Wildman–Crippen LogP) is 1.46. The van der Waals surface area contributed by atoms with E-state index in [1.807, 2.05) is 36.4 Å². The van der Waals surface area contributed by atoms with Crippen molar-refractivity contribution < 1.29 is 30.7 Å². The zero-order chi connectivity index (χ0) is 17.7. The topological polar surface area (TPSA) is 144 Å². The van der Waals surface area contributed by atoms with Gasteiger partial charge in [0.25, 0.3) is 20.2 Å². The lowest BCUT2D eigenvalue weighted by Gasteiger charge is -2.09. The second-order valence-electron chi connectivity index (χ2n) is 4.15. The third kappa shape index (κ3) is 5.53. The van der Waals surface area contributed by atoms with E-state index in [1.165, 1.54) is 0 Å². The van der Waals surface area contributed by atoms with Crippen molar-refractivity contribution in [3.05, 3.63) is 48.5 Å². The van der Waals surface area contributed by atoms with Crippen LogP contribution < -0.4 is 10.5 Å². The van der Waals surface area contributed by atoms with Crippen molar-refractivity contribution in [1.29, 1.82) is 0 Å². The van der Waals surface area contributed by atoms with Gasteiger partial charge in [-0.1, -0.05) is 36.4 Å². The zero-order valence-electron chi connectivity index (χ0n) is 11.9. The molecule has 0 aliphatic heterocycles. The van der Waals surface area contributed by atoms with Gasteiger partial charge in [0.05, 0.1) is 12.8 Å². The number of anilines is 1. The van der Waals surface area contributed by atoms with Crippen LogP contribution in [0.15, 0.2) is 58.3 Å². The fraction of sp³-hybridized carbons (Fsp3) is 0.0769. The molecule has 2 aromatic rings. The van der Waals surface area contributed by atoms with Crippen LogP contribution >= 0.6 is 0 Å². The van der Waals surface area contributed by atoms with E-state index in [-0.39, 0.29) is 0 Å². The van der Waals surface area contributed by atoms with E-state index in [0.29, 0.717) is 12.1 Å². The molecule has 0 spiro atoms. The normalized spacial score (nSPS) is 11.3. The van der Waals surface area contributed by atoms with Crippen LogP contribution in [0.2, 0.25) is 0 Å². The van der Waals surface area contributed by atoms with Crippen LogP contribution in [0.3, 0.4) is 0 Å². The van der Waals surface area contributed by atoms with Crippen LogP contribution in [0.1, 0.15) is 0 Å². The van der Waals surface area contributed by atoms with E-state index in [1.54, 1.807) is 0 Å². The summed E-state index contributed by atoms with van der Waals surface area (Å²) in [6.45, 7) is 0. The van der Waals surface area contributed by atoms with Gasteiger partial charge in [0.1, 0.15) is 15.5 Å². The number of hydrogen-bond acceptors (Lipinski definition) is 6. The number of benzene rings is 2. The maximum atomic E-state index is 10.9. The molecule has 0 saturated carbocycles. The van der Waals surface area contributed by atoms with Crippen molar-refractivity contribution in [2.24, 2.45) is 0 Å². The first-order valence-corrected chi connectivity index (χ1v) is 8.88. The highest BCUT2D eigenvalue weighted by atomic mass is 32.2. The highest BCUT2D eigenvalue weighted by molar-refractivity contribution is 7.86. The summed E-state index contributed by atoms with van der Waals surface area (Å²) in [5, 5.41) is 0. The molecule has 2 rings (SSSR count).